The molecule has 0 aromatic rings. The Kier molecular flexibility index (Phi) is 2.20. The SMILES string of the molecule is CC1([Si](O)(O)O)C=CCCC1. The molecule has 0 aromatic carbocycles. The van der Waals surface area contributed by atoms with Crippen molar-refractivity contribution in [1.82, 2.24) is 0 Å². The molecule has 0 saturated heterocycles. The van der Waals surface area contributed by atoms with Gasteiger partial charge < -0.3 is 14.4 Å². The predicted molar refractivity (Wildman–Crippen MR) is 43.8 cm³/mol. The molecule has 1 rings (SSSR count). The van der Waals surface area contributed by atoms with Crippen molar-refractivity contribution in [3.8, 4) is 0 Å². The molecule has 0 radical (unpaired) electrons. The van der Waals surface area contributed by atoms with Gasteiger partial charge in [-0.2, -0.15) is 0 Å². The molecule has 4 heteroatoms. The lowest BCUT2D eigenvalue weighted by atomic mass is 9.97. The van der Waals surface area contributed by atoms with E-state index in [0.29, 0.717) is 6.42 Å². The fourth-order valence-corrected chi connectivity index (χ4v) is 2.15. The quantitative estimate of drug-likeness (QED) is 0.398. The van der Waals surface area contributed by atoms with Gasteiger partial charge in [-0.25, -0.2) is 0 Å². The van der Waals surface area contributed by atoms with Crippen LogP contribution >= 0.6 is 0 Å². The second-order valence-electron chi connectivity index (χ2n) is 3.35. The van der Waals surface area contributed by atoms with Crippen molar-refractivity contribution in [2.24, 2.45) is 0 Å². The van der Waals surface area contributed by atoms with Crippen LogP contribution in [0, 0.1) is 0 Å². The van der Waals surface area contributed by atoms with E-state index in [0.717, 1.165) is 12.8 Å². The summed E-state index contributed by atoms with van der Waals surface area (Å²) in [6.07, 6.45) is 6.18. The third kappa shape index (κ3) is 1.70. The molecular weight excluding hydrogens is 160 g/mol. The van der Waals surface area contributed by atoms with E-state index < -0.39 is 13.8 Å². The maximum Gasteiger partial charge on any atom is 0.502 e. The Bertz CT molecular complexity index is 173. The average Bonchev–Trinajstić information content (AvgIpc) is 1.87. The maximum atomic E-state index is 9.10. The summed E-state index contributed by atoms with van der Waals surface area (Å²) in [5, 5.41) is -0.759. The Hall–Kier alpha value is -0.163. The first kappa shape index (κ1) is 8.93. The van der Waals surface area contributed by atoms with Crippen LogP contribution in [0.1, 0.15) is 26.2 Å². The predicted octanol–water partition coefficient (Wildman–Crippen LogP) is 0.403. The van der Waals surface area contributed by atoms with Crippen molar-refractivity contribution in [2.45, 2.75) is 31.2 Å². The molecule has 0 amide bonds. The van der Waals surface area contributed by atoms with Gasteiger partial charge in [-0.3, -0.25) is 0 Å². The summed E-state index contributed by atoms with van der Waals surface area (Å²) in [6.45, 7) is 1.69. The molecule has 0 bridgehead atoms. The second-order valence-corrected chi connectivity index (χ2v) is 5.76. The van der Waals surface area contributed by atoms with E-state index in [4.69, 9.17) is 14.4 Å². The van der Waals surface area contributed by atoms with Gasteiger partial charge in [0.1, 0.15) is 0 Å². The van der Waals surface area contributed by atoms with Gasteiger partial charge in [0.2, 0.25) is 0 Å². The van der Waals surface area contributed by atoms with Crippen LogP contribution in [0.4, 0.5) is 0 Å². The Morgan fingerprint density at radius 2 is 2.00 bits per heavy atom. The lowest BCUT2D eigenvalue weighted by Gasteiger charge is -2.32. The standard InChI is InChI=1S/C7H14O3Si/c1-7(11(8,9)10)5-3-2-4-6-7/h3,5,8-10H,2,4,6H2,1H3. The molecule has 0 aliphatic heterocycles. The molecule has 1 atom stereocenters. The number of allylic oxidation sites excluding steroid dienone is 2. The summed E-state index contributed by atoms with van der Waals surface area (Å²) in [7, 11) is -3.97. The molecule has 3 nitrogen and oxygen atoms in total. The Balaban J connectivity index is 2.80. The third-order valence-corrected chi connectivity index (χ3v) is 4.27. The smallest absolute Gasteiger partial charge is 0.389 e. The fraction of sp³-hybridized carbons (Fsp3) is 0.714. The van der Waals surface area contributed by atoms with E-state index in [1.807, 2.05) is 6.08 Å². The molecule has 11 heavy (non-hydrogen) atoms. The molecule has 0 fully saturated rings. The zero-order valence-corrected chi connectivity index (χ0v) is 7.62. The van der Waals surface area contributed by atoms with Crippen molar-refractivity contribution in [3.05, 3.63) is 12.2 Å². The minimum absolute atomic E-state index is 0.666. The summed E-state index contributed by atoms with van der Waals surface area (Å²) in [4.78, 5) is 27.3. The zero-order chi connectivity index (χ0) is 8.54. The van der Waals surface area contributed by atoms with Gasteiger partial charge in [0.25, 0.3) is 0 Å². The van der Waals surface area contributed by atoms with Crippen molar-refractivity contribution < 1.29 is 14.4 Å². The van der Waals surface area contributed by atoms with Gasteiger partial charge in [0, 0.05) is 0 Å². The first-order valence-electron chi connectivity index (χ1n) is 3.80. The van der Waals surface area contributed by atoms with Crippen LogP contribution in [-0.2, 0) is 0 Å². The summed E-state index contributed by atoms with van der Waals surface area (Å²) in [6, 6.07) is 0. The van der Waals surface area contributed by atoms with E-state index >= 15 is 0 Å². The van der Waals surface area contributed by atoms with E-state index in [2.05, 4.69) is 0 Å². The summed E-state index contributed by atoms with van der Waals surface area (Å²) in [5.41, 5.74) is 0. The molecule has 0 aromatic heterocycles. The monoisotopic (exact) mass is 174 g/mol. The average molecular weight is 174 g/mol. The lowest BCUT2D eigenvalue weighted by Crippen LogP contribution is -2.47. The highest BCUT2D eigenvalue weighted by atomic mass is 28.4. The Morgan fingerprint density at radius 1 is 1.36 bits per heavy atom. The highest BCUT2D eigenvalue weighted by molar-refractivity contribution is 6.60. The zero-order valence-electron chi connectivity index (χ0n) is 6.62. The van der Waals surface area contributed by atoms with Crippen LogP contribution in [0.2, 0.25) is 5.04 Å². The fourth-order valence-electron chi connectivity index (χ4n) is 1.29. The van der Waals surface area contributed by atoms with Gasteiger partial charge in [-0.1, -0.05) is 19.1 Å². The van der Waals surface area contributed by atoms with Gasteiger partial charge in [-0.05, 0) is 19.3 Å². The minimum Gasteiger partial charge on any atom is -0.389 e. The van der Waals surface area contributed by atoms with E-state index in [9.17, 15) is 0 Å². The summed E-state index contributed by atoms with van der Waals surface area (Å²) < 4.78 is 0. The van der Waals surface area contributed by atoms with Crippen LogP contribution < -0.4 is 0 Å². The minimum atomic E-state index is -3.97. The van der Waals surface area contributed by atoms with Gasteiger partial charge in [-0.15, -0.1) is 0 Å². The van der Waals surface area contributed by atoms with Gasteiger partial charge >= 0.3 is 8.80 Å². The Labute approximate surface area is 67.4 Å². The summed E-state index contributed by atoms with van der Waals surface area (Å²) in [5.74, 6) is 0. The van der Waals surface area contributed by atoms with Crippen LogP contribution in [0.25, 0.3) is 0 Å². The van der Waals surface area contributed by atoms with Crippen LogP contribution in [0.3, 0.4) is 0 Å². The topological polar surface area (TPSA) is 60.7 Å². The first-order valence-corrected chi connectivity index (χ1v) is 5.65. The second kappa shape index (κ2) is 2.71. The van der Waals surface area contributed by atoms with Crippen LogP contribution in [0.5, 0.6) is 0 Å². The van der Waals surface area contributed by atoms with Crippen LogP contribution in [0.15, 0.2) is 12.2 Å². The van der Waals surface area contributed by atoms with Crippen molar-refractivity contribution >= 4 is 8.80 Å². The normalized spacial score (nSPS) is 32.4. The molecule has 3 N–H and O–H groups in total. The first-order chi connectivity index (χ1) is 4.96. The molecule has 1 unspecified atom stereocenters. The molecule has 1 aliphatic carbocycles. The van der Waals surface area contributed by atoms with Gasteiger partial charge in [0.05, 0.1) is 5.04 Å². The number of hydrogen-bond acceptors (Lipinski definition) is 3. The molecule has 1 aliphatic rings. The number of hydrogen-bond donors (Lipinski definition) is 3. The largest absolute Gasteiger partial charge is 0.502 e. The molecule has 0 spiro atoms. The van der Waals surface area contributed by atoms with Crippen LogP contribution in [-0.4, -0.2) is 23.2 Å². The summed E-state index contributed by atoms with van der Waals surface area (Å²) >= 11 is 0. The van der Waals surface area contributed by atoms with Gasteiger partial charge in [0.15, 0.2) is 0 Å². The van der Waals surface area contributed by atoms with E-state index in [1.165, 1.54) is 0 Å². The van der Waals surface area contributed by atoms with Crippen molar-refractivity contribution in [1.29, 1.82) is 0 Å². The van der Waals surface area contributed by atoms with E-state index in [-0.39, 0.29) is 0 Å². The molecule has 0 heterocycles. The Morgan fingerprint density at radius 3 is 2.27 bits per heavy atom. The highest BCUT2D eigenvalue weighted by Gasteiger charge is 2.48. The maximum absolute atomic E-state index is 9.10. The molecular formula is C7H14O3Si. The lowest BCUT2D eigenvalue weighted by molar-refractivity contribution is 0.189. The van der Waals surface area contributed by atoms with E-state index in [1.54, 1.807) is 13.0 Å². The highest BCUT2D eigenvalue weighted by Crippen LogP contribution is 2.42. The number of rotatable bonds is 1. The molecule has 0 saturated carbocycles. The van der Waals surface area contributed by atoms with Crippen molar-refractivity contribution in [2.75, 3.05) is 0 Å². The van der Waals surface area contributed by atoms with Crippen molar-refractivity contribution in [3.63, 3.8) is 0 Å². The third-order valence-electron chi connectivity index (χ3n) is 2.32. The molecule has 64 valence electrons.